The summed E-state index contributed by atoms with van der Waals surface area (Å²) in [5.74, 6) is -0.397. The molecular weight excluding hydrogens is 300 g/mol. The van der Waals surface area contributed by atoms with Gasteiger partial charge in [0.1, 0.15) is 6.29 Å². The number of carbonyl (C=O) groups excluding carboxylic acids is 2. The molecule has 2 aromatic carbocycles. The molecular formula is C21H22O3. The van der Waals surface area contributed by atoms with Crippen LogP contribution in [0.15, 0.2) is 72.8 Å². The standard InChI is InChI=1S/C21H22O3/c1-17(2)24-20(23)14-9-15-21(16-22,18-10-5-3-6-11-18)19-12-7-4-8-13-19/h3-14,16-17H,15H2,1-2H3/b14-9+. The number of allylic oxidation sites excluding steroid dienone is 1. The first-order valence-electron chi connectivity index (χ1n) is 8.03. The first-order valence-corrected chi connectivity index (χ1v) is 8.03. The molecule has 3 nitrogen and oxygen atoms in total. The highest BCUT2D eigenvalue weighted by molar-refractivity contribution is 5.82. The van der Waals surface area contributed by atoms with Crippen molar-refractivity contribution >= 4 is 12.3 Å². The Morgan fingerprint density at radius 1 is 1.00 bits per heavy atom. The molecule has 0 N–H and O–H groups in total. The van der Waals surface area contributed by atoms with E-state index in [4.69, 9.17) is 4.74 Å². The number of hydrogen-bond acceptors (Lipinski definition) is 3. The van der Waals surface area contributed by atoms with Gasteiger partial charge in [-0.1, -0.05) is 66.7 Å². The number of hydrogen-bond donors (Lipinski definition) is 0. The summed E-state index contributed by atoms with van der Waals surface area (Å²) in [7, 11) is 0. The Labute approximate surface area is 143 Å². The average Bonchev–Trinajstić information content (AvgIpc) is 2.60. The first-order chi connectivity index (χ1) is 11.6. The fourth-order valence-corrected chi connectivity index (χ4v) is 2.67. The Balaban J connectivity index is 2.35. The zero-order valence-corrected chi connectivity index (χ0v) is 14.0. The van der Waals surface area contributed by atoms with Gasteiger partial charge in [0.05, 0.1) is 11.5 Å². The van der Waals surface area contributed by atoms with Gasteiger partial charge in [-0.05, 0) is 31.4 Å². The van der Waals surface area contributed by atoms with Gasteiger partial charge in [-0.3, -0.25) is 0 Å². The maximum atomic E-state index is 12.1. The second-order valence-corrected chi connectivity index (χ2v) is 5.91. The highest BCUT2D eigenvalue weighted by atomic mass is 16.5. The van der Waals surface area contributed by atoms with Crippen LogP contribution in [0.1, 0.15) is 31.4 Å². The topological polar surface area (TPSA) is 43.4 Å². The van der Waals surface area contributed by atoms with E-state index in [9.17, 15) is 9.59 Å². The molecule has 0 fully saturated rings. The van der Waals surface area contributed by atoms with Crippen LogP contribution in [0.2, 0.25) is 0 Å². The fraction of sp³-hybridized carbons (Fsp3) is 0.238. The number of rotatable bonds is 7. The summed E-state index contributed by atoms with van der Waals surface area (Å²) in [6, 6.07) is 19.2. The predicted octanol–water partition coefficient (Wildman–Crippen LogP) is 4.07. The second-order valence-electron chi connectivity index (χ2n) is 5.91. The van der Waals surface area contributed by atoms with E-state index in [1.165, 1.54) is 6.08 Å². The van der Waals surface area contributed by atoms with Gasteiger partial charge in [-0.15, -0.1) is 0 Å². The molecule has 2 aromatic rings. The van der Waals surface area contributed by atoms with Crippen LogP contribution < -0.4 is 0 Å². The summed E-state index contributed by atoms with van der Waals surface area (Å²) in [6.07, 6.45) is 4.28. The molecule has 0 saturated carbocycles. The molecule has 124 valence electrons. The van der Waals surface area contributed by atoms with E-state index in [-0.39, 0.29) is 6.10 Å². The summed E-state index contributed by atoms with van der Waals surface area (Å²) in [5.41, 5.74) is 0.970. The SMILES string of the molecule is CC(C)OC(=O)/C=C/CC(C=O)(c1ccccc1)c1ccccc1. The number of esters is 1. The van der Waals surface area contributed by atoms with Gasteiger partial charge in [0, 0.05) is 6.08 Å². The summed E-state index contributed by atoms with van der Waals surface area (Å²) < 4.78 is 5.10. The summed E-state index contributed by atoms with van der Waals surface area (Å²) >= 11 is 0. The quantitative estimate of drug-likeness (QED) is 0.438. The molecule has 0 spiro atoms. The molecule has 0 unspecified atom stereocenters. The Hall–Kier alpha value is -2.68. The molecule has 0 amide bonds. The van der Waals surface area contributed by atoms with Crippen molar-refractivity contribution in [2.75, 3.05) is 0 Å². The molecule has 3 heteroatoms. The van der Waals surface area contributed by atoms with Gasteiger partial charge >= 0.3 is 5.97 Å². The van der Waals surface area contributed by atoms with Gasteiger partial charge in [0.25, 0.3) is 0 Å². The molecule has 0 saturated heterocycles. The van der Waals surface area contributed by atoms with E-state index in [1.54, 1.807) is 19.9 Å². The second kappa shape index (κ2) is 8.25. The molecule has 0 aliphatic heterocycles. The van der Waals surface area contributed by atoms with Crippen molar-refractivity contribution in [3.8, 4) is 0 Å². The van der Waals surface area contributed by atoms with Gasteiger partial charge in [-0.25, -0.2) is 4.79 Å². The molecule has 0 aromatic heterocycles. The van der Waals surface area contributed by atoms with Crippen molar-refractivity contribution in [1.29, 1.82) is 0 Å². The number of ether oxygens (including phenoxy) is 1. The molecule has 0 aliphatic rings. The van der Waals surface area contributed by atoms with Crippen molar-refractivity contribution in [2.24, 2.45) is 0 Å². The number of benzene rings is 2. The first kappa shape index (κ1) is 17.7. The number of aldehydes is 1. The lowest BCUT2D eigenvalue weighted by atomic mass is 9.73. The molecule has 0 aliphatic carbocycles. The highest BCUT2D eigenvalue weighted by Gasteiger charge is 2.32. The van der Waals surface area contributed by atoms with Gasteiger partial charge < -0.3 is 9.53 Å². The maximum Gasteiger partial charge on any atom is 0.330 e. The van der Waals surface area contributed by atoms with Crippen molar-refractivity contribution in [2.45, 2.75) is 31.8 Å². The summed E-state index contributed by atoms with van der Waals surface area (Å²) in [4.78, 5) is 23.8. The van der Waals surface area contributed by atoms with Crippen LogP contribution in [-0.4, -0.2) is 18.4 Å². The van der Waals surface area contributed by atoms with Crippen LogP contribution in [0.4, 0.5) is 0 Å². The fourth-order valence-electron chi connectivity index (χ4n) is 2.67. The Kier molecular flexibility index (Phi) is 6.07. The van der Waals surface area contributed by atoms with E-state index >= 15 is 0 Å². The Morgan fingerprint density at radius 3 is 1.92 bits per heavy atom. The average molecular weight is 322 g/mol. The van der Waals surface area contributed by atoms with E-state index in [0.29, 0.717) is 6.42 Å². The minimum Gasteiger partial charge on any atom is -0.460 e. The molecule has 24 heavy (non-hydrogen) atoms. The van der Waals surface area contributed by atoms with Crippen molar-refractivity contribution in [1.82, 2.24) is 0 Å². The van der Waals surface area contributed by atoms with Gasteiger partial charge in [0.2, 0.25) is 0 Å². The molecule has 0 bridgehead atoms. The van der Waals surface area contributed by atoms with E-state index in [1.807, 2.05) is 60.7 Å². The molecule has 0 heterocycles. The van der Waals surface area contributed by atoms with E-state index < -0.39 is 11.4 Å². The molecule has 2 rings (SSSR count). The smallest absolute Gasteiger partial charge is 0.330 e. The number of carbonyl (C=O) groups is 2. The lowest BCUT2D eigenvalue weighted by Crippen LogP contribution is -2.29. The highest BCUT2D eigenvalue weighted by Crippen LogP contribution is 2.34. The summed E-state index contributed by atoms with van der Waals surface area (Å²) in [6.45, 7) is 3.60. The predicted molar refractivity (Wildman–Crippen MR) is 94.7 cm³/mol. The van der Waals surface area contributed by atoms with Crippen LogP contribution in [0.3, 0.4) is 0 Å². The molecule has 0 radical (unpaired) electrons. The normalized spacial score (nSPS) is 11.6. The summed E-state index contributed by atoms with van der Waals surface area (Å²) in [5, 5.41) is 0. The van der Waals surface area contributed by atoms with Gasteiger partial charge in [0.15, 0.2) is 0 Å². The third kappa shape index (κ3) is 4.19. The van der Waals surface area contributed by atoms with E-state index in [2.05, 4.69) is 0 Å². The van der Waals surface area contributed by atoms with Crippen LogP contribution in [0.25, 0.3) is 0 Å². The Bertz CT molecular complexity index is 648. The molecule has 0 atom stereocenters. The zero-order valence-electron chi connectivity index (χ0n) is 14.0. The van der Waals surface area contributed by atoms with Crippen LogP contribution in [-0.2, 0) is 19.7 Å². The van der Waals surface area contributed by atoms with Crippen molar-refractivity contribution < 1.29 is 14.3 Å². The van der Waals surface area contributed by atoms with E-state index in [0.717, 1.165) is 17.4 Å². The monoisotopic (exact) mass is 322 g/mol. The third-order valence-corrected chi connectivity index (χ3v) is 3.82. The Morgan fingerprint density at radius 2 is 1.50 bits per heavy atom. The maximum absolute atomic E-state index is 12.1. The van der Waals surface area contributed by atoms with Crippen molar-refractivity contribution in [3.63, 3.8) is 0 Å². The van der Waals surface area contributed by atoms with Crippen LogP contribution in [0, 0.1) is 0 Å². The largest absolute Gasteiger partial charge is 0.460 e. The minimum atomic E-state index is -0.822. The van der Waals surface area contributed by atoms with Crippen LogP contribution in [0.5, 0.6) is 0 Å². The lowest BCUT2D eigenvalue weighted by molar-refractivity contribution is -0.141. The van der Waals surface area contributed by atoms with Crippen molar-refractivity contribution in [3.05, 3.63) is 83.9 Å². The zero-order chi connectivity index (χ0) is 17.4. The van der Waals surface area contributed by atoms with Crippen LogP contribution >= 0.6 is 0 Å². The lowest BCUT2D eigenvalue weighted by Gasteiger charge is -2.28. The van der Waals surface area contributed by atoms with Gasteiger partial charge in [-0.2, -0.15) is 0 Å². The minimum absolute atomic E-state index is 0.166. The third-order valence-electron chi connectivity index (χ3n) is 3.82.